The Morgan fingerprint density at radius 2 is 1.72 bits per heavy atom. The number of hydrogen-bond donors (Lipinski definition) is 0. The van der Waals surface area contributed by atoms with Crippen LogP contribution in [0.5, 0.6) is 5.75 Å². The highest BCUT2D eigenvalue weighted by Gasteiger charge is 2.20. The minimum Gasteiger partial charge on any atom is -0.497 e. The zero-order valence-electron chi connectivity index (χ0n) is 14.6. The van der Waals surface area contributed by atoms with Crippen LogP contribution in [0.4, 0.5) is 0 Å². The minimum absolute atomic E-state index is 0.207. The standard InChI is InChI=1S/C20H18ClN3O/c1-20(2,3)19-23-17-14(11-22-12-16(17)18(21)24-19)8-5-13-6-9-15(25-4)10-7-13/h6-7,9-12H,1-4H3. The van der Waals surface area contributed by atoms with Crippen LogP contribution in [0.3, 0.4) is 0 Å². The number of pyridine rings is 1. The second-order valence-electron chi connectivity index (χ2n) is 6.65. The molecule has 0 bridgehead atoms. The van der Waals surface area contributed by atoms with Crippen LogP contribution in [0.2, 0.25) is 5.15 Å². The van der Waals surface area contributed by atoms with Crippen molar-refractivity contribution < 1.29 is 4.74 Å². The molecular formula is C20H18ClN3O. The number of rotatable bonds is 1. The summed E-state index contributed by atoms with van der Waals surface area (Å²) in [6.45, 7) is 6.15. The second-order valence-corrected chi connectivity index (χ2v) is 7.01. The Labute approximate surface area is 152 Å². The van der Waals surface area contributed by atoms with Crippen molar-refractivity contribution in [3.05, 3.63) is 58.8 Å². The molecule has 0 spiro atoms. The minimum atomic E-state index is -0.207. The number of benzene rings is 1. The summed E-state index contributed by atoms with van der Waals surface area (Å²) < 4.78 is 5.16. The van der Waals surface area contributed by atoms with Gasteiger partial charge in [-0.05, 0) is 24.3 Å². The first-order valence-corrected chi connectivity index (χ1v) is 8.24. The third-order valence-corrected chi connectivity index (χ3v) is 3.95. The average molecular weight is 352 g/mol. The average Bonchev–Trinajstić information content (AvgIpc) is 2.59. The monoisotopic (exact) mass is 351 g/mol. The van der Waals surface area contributed by atoms with Gasteiger partial charge >= 0.3 is 0 Å². The van der Waals surface area contributed by atoms with E-state index in [1.807, 2.05) is 45.0 Å². The van der Waals surface area contributed by atoms with Gasteiger partial charge < -0.3 is 4.74 Å². The van der Waals surface area contributed by atoms with Crippen LogP contribution >= 0.6 is 11.6 Å². The van der Waals surface area contributed by atoms with Gasteiger partial charge in [-0.3, -0.25) is 4.98 Å². The van der Waals surface area contributed by atoms with E-state index < -0.39 is 0 Å². The summed E-state index contributed by atoms with van der Waals surface area (Å²) in [6.07, 6.45) is 3.37. The number of nitrogens with zero attached hydrogens (tertiary/aromatic N) is 3. The van der Waals surface area contributed by atoms with Crippen LogP contribution < -0.4 is 4.74 Å². The molecule has 25 heavy (non-hydrogen) atoms. The van der Waals surface area contributed by atoms with Gasteiger partial charge in [0.05, 0.1) is 23.6 Å². The Hall–Kier alpha value is -2.64. The van der Waals surface area contributed by atoms with Crippen LogP contribution in [0.1, 0.15) is 37.7 Å². The van der Waals surface area contributed by atoms with Crippen LogP contribution in [0.15, 0.2) is 36.7 Å². The third kappa shape index (κ3) is 3.72. The van der Waals surface area contributed by atoms with Crippen molar-refractivity contribution in [2.75, 3.05) is 7.11 Å². The molecule has 4 nitrogen and oxygen atoms in total. The first-order valence-electron chi connectivity index (χ1n) is 7.86. The molecule has 126 valence electrons. The Morgan fingerprint density at radius 3 is 2.36 bits per heavy atom. The summed E-state index contributed by atoms with van der Waals surface area (Å²) in [5.74, 6) is 7.76. The summed E-state index contributed by atoms with van der Waals surface area (Å²) in [6, 6.07) is 7.57. The van der Waals surface area contributed by atoms with Gasteiger partial charge in [0.25, 0.3) is 0 Å². The molecule has 0 aliphatic rings. The molecule has 0 unspecified atom stereocenters. The fourth-order valence-corrected chi connectivity index (χ4v) is 2.47. The molecule has 0 saturated heterocycles. The normalized spacial score (nSPS) is 11.1. The van der Waals surface area contributed by atoms with E-state index in [1.165, 1.54) is 0 Å². The molecular weight excluding hydrogens is 334 g/mol. The van der Waals surface area contributed by atoms with Gasteiger partial charge in [0.15, 0.2) is 0 Å². The molecule has 0 fully saturated rings. The quantitative estimate of drug-likeness (QED) is 0.482. The fraction of sp³-hybridized carbons (Fsp3) is 0.250. The molecule has 0 radical (unpaired) electrons. The number of halogens is 1. The maximum absolute atomic E-state index is 6.34. The molecule has 0 aliphatic carbocycles. The van der Waals surface area contributed by atoms with E-state index in [4.69, 9.17) is 16.3 Å². The lowest BCUT2D eigenvalue weighted by Crippen LogP contribution is -2.16. The van der Waals surface area contributed by atoms with Crippen molar-refractivity contribution in [2.45, 2.75) is 26.2 Å². The van der Waals surface area contributed by atoms with E-state index >= 15 is 0 Å². The van der Waals surface area contributed by atoms with Crippen LogP contribution in [0.25, 0.3) is 10.9 Å². The van der Waals surface area contributed by atoms with Gasteiger partial charge in [-0.25, -0.2) is 9.97 Å². The summed E-state index contributed by atoms with van der Waals surface area (Å²) >= 11 is 6.34. The molecule has 3 rings (SSSR count). The fourth-order valence-electron chi connectivity index (χ4n) is 2.25. The Bertz CT molecular complexity index is 980. The molecule has 0 N–H and O–H groups in total. The predicted molar refractivity (Wildman–Crippen MR) is 100 cm³/mol. The number of ether oxygens (including phenoxy) is 1. The third-order valence-electron chi connectivity index (χ3n) is 3.66. The molecule has 2 aromatic heterocycles. The van der Waals surface area contributed by atoms with E-state index in [-0.39, 0.29) is 5.41 Å². The molecule has 0 saturated carbocycles. The van der Waals surface area contributed by atoms with Crippen LogP contribution in [-0.4, -0.2) is 22.1 Å². The van der Waals surface area contributed by atoms with E-state index in [0.717, 1.165) is 22.4 Å². The maximum Gasteiger partial charge on any atom is 0.142 e. The smallest absolute Gasteiger partial charge is 0.142 e. The Morgan fingerprint density at radius 1 is 1.00 bits per heavy atom. The van der Waals surface area contributed by atoms with Crippen molar-refractivity contribution >= 4 is 22.5 Å². The lowest BCUT2D eigenvalue weighted by atomic mass is 9.95. The molecule has 3 aromatic rings. The van der Waals surface area contributed by atoms with Gasteiger partial charge in [-0.2, -0.15) is 0 Å². The van der Waals surface area contributed by atoms with Gasteiger partial charge in [0.2, 0.25) is 0 Å². The molecule has 1 aromatic carbocycles. The molecule has 0 amide bonds. The SMILES string of the molecule is COc1ccc(C#Cc2cncc3c(Cl)nc(C(C)(C)C)nc23)cc1. The number of fused-ring (bicyclic) bond motifs is 1. The summed E-state index contributed by atoms with van der Waals surface area (Å²) in [5, 5.41) is 1.10. The Balaban J connectivity index is 2.10. The first kappa shape index (κ1) is 17.2. The van der Waals surface area contributed by atoms with E-state index in [0.29, 0.717) is 16.4 Å². The van der Waals surface area contributed by atoms with Crippen molar-refractivity contribution in [1.29, 1.82) is 0 Å². The number of aromatic nitrogens is 3. The number of methoxy groups -OCH3 is 1. The van der Waals surface area contributed by atoms with E-state index in [9.17, 15) is 0 Å². The van der Waals surface area contributed by atoms with Gasteiger partial charge in [-0.15, -0.1) is 0 Å². The second kappa shape index (κ2) is 6.70. The highest BCUT2D eigenvalue weighted by Crippen LogP contribution is 2.26. The van der Waals surface area contributed by atoms with Gasteiger partial charge in [-0.1, -0.05) is 44.2 Å². The lowest BCUT2D eigenvalue weighted by molar-refractivity contribution is 0.415. The zero-order chi connectivity index (χ0) is 18.0. The van der Waals surface area contributed by atoms with Crippen molar-refractivity contribution in [1.82, 2.24) is 15.0 Å². The molecule has 0 aliphatic heterocycles. The molecule has 5 heteroatoms. The summed E-state index contributed by atoms with van der Waals surface area (Å²) in [4.78, 5) is 13.3. The molecule has 0 atom stereocenters. The van der Waals surface area contributed by atoms with Crippen LogP contribution in [0, 0.1) is 11.8 Å². The van der Waals surface area contributed by atoms with Crippen LogP contribution in [-0.2, 0) is 5.41 Å². The van der Waals surface area contributed by atoms with Crippen molar-refractivity contribution in [2.24, 2.45) is 0 Å². The highest BCUT2D eigenvalue weighted by molar-refractivity contribution is 6.34. The molecule has 2 heterocycles. The van der Waals surface area contributed by atoms with Crippen molar-refractivity contribution in [3.8, 4) is 17.6 Å². The van der Waals surface area contributed by atoms with Crippen molar-refractivity contribution in [3.63, 3.8) is 0 Å². The topological polar surface area (TPSA) is 47.9 Å². The highest BCUT2D eigenvalue weighted by atomic mass is 35.5. The Kier molecular flexibility index (Phi) is 4.61. The van der Waals surface area contributed by atoms with E-state index in [2.05, 4.69) is 26.8 Å². The summed E-state index contributed by atoms with van der Waals surface area (Å²) in [7, 11) is 1.64. The first-order chi connectivity index (χ1) is 11.9. The van der Waals surface area contributed by atoms with Gasteiger partial charge in [0.1, 0.15) is 16.7 Å². The number of hydrogen-bond acceptors (Lipinski definition) is 4. The van der Waals surface area contributed by atoms with Gasteiger partial charge in [0, 0.05) is 23.4 Å². The predicted octanol–water partition coefficient (Wildman–Crippen LogP) is 4.38. The van der Waals surface area contributed by atoms with E-state index in [1.54, 1.807) is 19.5 Å². The largest absolute Gasteiger partial charge is 0.497 e. The zero-order valence-corrected chi connectivity index (χ0v) is 15.3. The lowest BCUT2D eigenvalue weighted by Gasteiger charge is -2.17. The summed E-state index contributed by atoms with van der Waals surface area (Å²) in [5.41, 5.74) is 2.12. The maximum atomic E-state index is 6.34.